The van der Waals surface area contributed by atoms with Crippen molar-refractivity contribution in [1.29, 1.82) is 0 Å². The van der Waals surface area contributed by atoms with Crippen LogP contribution in [0.1, 0.15) is 17.4 Å². The third kappa shape index (κ3) is 4.47. The van der Waals surface area contributed by atoms with Crippen LogP contribution in [0, 0.1) is 0 Å². The van der Waals surface area contributed by atoms with Crippen molar-refractivity contribution in [1.82, 2.24) is 15.5 Å². The average Bonchev–Trinajstić information content (AvgIpc) is 3.22. The van der Waals surface area contributed by atoms with E-state index in [1.807, 2.05) is 61.6 Å². The van der Waals surface area contributed by atoms with Gasteiger partial charge in [-0.25, -0.2) is 0 Å². The fourth-order valence-corrected chi connectivity index (χ4v) is 2.74. The SMILES string of the molecule is COc1ccc(-c2cc(C(=O)NCC(C)N(C)c3ccccc3)[nH]n2)cc1. The molecule has 0 bridgehead atoms. The number of carbonyl (C=O) groups excluding carboxylic acids is 1. The van der Waals surface area contributed by atoms with E-state index in [1.54, 1.807) is 13.2 Å². The van der Waals surface area contributed by atoms with Gasteiger partial charge < -0.3 is 15.0 Å². The van der Waals surface area contributed by atoms with Crippen molar-refractivity contribution in [3.63, 3.8) is 0 Å². The molecular weight excluding hydrogens is 340 g/mol. The minimum Gasteiger partial charge on any atom is -0.497 e. The Bertz CT molecular complexity index is 875. The molecule has 1 unspecified atom stereocenters. The largest absolute Gasteiger partial charge is 0.497 e. The first-order valence-corrected chi connectivity index (χ1v) is 8.84. The number of rotatable bonds is 7. The maximum Gasteiger partial charge on any atom is 0.269 e. The van der Waals surface area contributed by atoms with Gasteiger partial charge in [0, 0.05) is 30.9 Å². The van der Waals surface area contributed by atoms with Crippen molar-refractivity contribution in [3.8, 4) is 17.0 Å². The van der Waals surface area contributed by atoms with Crippen LogP contribution in [0.3, 0.4) is 0 Å². The van der Waals surface area contributed by atoms with Crippen LogP contribution < -0.4 is 15.0 Å². The van der Waals surface area contributed by atoms with Crippen LogP contribution in [0.25, 0.3) is 11.3 Å². The second-order valence-corrected chi connectivity index (χ2v) is 6.40. The summed E-state index contributed by atoms with van der Waals surface area (Å²) < 4.78 is 5.16. The lowest BCUT2D eigenvalue weighted by Crippen LogP contribution is -2.40. The first-order valence-electron chi connectivity index (χ1n) is 8.84. The van der Waals surface area contributed by atoms with Gasteiger partial charge in [-0.1, -0.05) is 18.2 Å². The van der Waals surface area contributed by atoms with E-state index in [2.05, 4.69) is 27.3 Å². The summed E-state index contributed by atoms with van der Waals surface area (Å²) in [6, 6.07) is 19.6. The lowest BCUT2D eigenvalue weighted by molar-refractivity contribution is 0.0946. The van der Waals surface area contributed by atoms with Crippen LogP contribution in [0.15, 0.2) is 60.7 Å². The Balaban J connectivity index is 1.59. The summed E-state index contributed by atoms with van der Waals surface area (Å²) >= 11 is 0. The molecule has 0 saturated heterocycles. The zero-order valence-corrected chi connectivity index (χ0v) is 15.8. The molecule has 0 aliphatic rings. The van der Waals surface area contributed by atoms with Gasteiger partial charge in [-0.15, -0.1) is 0 Å². The van der Waals surface area contributed by atoms with Crippen molar-refractivity contribution in [3.05, 3.63) is 66.4 Å². The van der Waals surface area contributed by atoms with Crippen LogP contribution in [-0.2, 0) is 0 Å². The number of likely N-dealkylation sites (N-methyl/N-ethyl adjacent to an activating group) is 1. The molecule has 1 atom stereocenters. The lowest BCUT2D eigenvalue weighted by Gasteiger charge is -2.27. The molecule has 1 amide bonds. The summed E-state index contributed by atoms with van der Waals surface area (Å²) in [5.74, 6) is 0.611. The van der Waals surface area contributed by atoms with Crippen LogP contribution in [0.2, 0.25) is 0 Å². The predicted molar refractivity (Wildman–Crippen MR) is 107 cm³/mol. The number of hydrogen-bond acceptors (Lipinski definition) is 4. The van der Waals surface area contributed by atoms with E-state index in [0.717, 1.165) is 22.7 Å². The normalized spacial score (nSPS) is 11.7. The Morgan fingerprint density at radius 2 is 1.89 bits per heavy atom. The molecule has 6 heteroatoms. The van der Waals surface area contributed by atoms with Gasteiger partial charge in [-0.2, -0.15) is 5.10 Å². The molecule has 1 heterocycles. The third-order valence-corrected chi connectivity index (χ3v) is 4.59. The van der Waals surface area contributed by atoms with Gasteiger partial charge in [-0.3, -0.25) is 9.89 Å². The Hall–Kier alpha value is -3.28. The van der Waals surface area contributed by atoms with E-state index in [-0.39, 0.29) is 11.9 Å². The molecule has 3 rings (SSSR count). The Labute approximate surface area is 159 Å². The summed E-state index contributed by atoms with van der Waals surface area (Å²) in [6.07, 6.45) is 0. The smallest absolute Gasteiger partial charge is 0.269 e. The van der Waals surface area contributed by atoms with E-state index in [4.69, 9.17) is 4.74 Å². The zero-order chi connectivity index (χ0) is 19.2. The van der Waals surface area contributed by atoms with Crippen molar-refractivity contribution < 1.29 is 9.53 Å². The summed E-state index contributed by atoms with van der Waals surface area (Å²) in [7, 11) is 3.65. The molecule has 2 N–H and O–H groups in total. The number of nitrogens with one attached hydrogen (secondary N) is 2. The standard InChI is InChI=1S/C21H24N4O2/c1-15(25(2)17-7-5-4-6-8-17)14-22-21(26)20-13-19(23-24-20)16-9-11-18(27-3)12-10-16/h4-13,15H,14H2,1-3H3,(H,22,26)(H,23,24). The molecule has 140 valence electrons. The number of aromatic nitrogens is 2. The van der Waals surface area contributed by atoms with E-state index in [0.29, 0.717) is 12.2 Å². The molecule has 0 aliphatic carbocycles. The number of methoxy groups -OCH3 is 1. The summed E-state index contributed by atoms with van der Waals surface area (Å²) in [5, 5.41) is 10.0. The van der Waals surface area contributed by atoms with Gasteiger partial charge in [0.15, 0.2) is 0 Å². The molecule has 6 nitrogen and oxygen atoms in total. The van der Waals surface area contributed by atoms with E-state index >= 15 is 0 Å². The number of benzene rings is 2. The number of nitrogens with zero attached hydrogens (tertiary/aromatic N) is 2. The Morgan fingerprint density at radius 1 is 1.19 bits per heavy atom. The monoisotopic (exact) mass is 364 g/mol. The second kappa shape index (κ2) is 8.40. The quantitative estimate of drug-likeness (QED) is 0.675. The number of ether oxygens (including phenoxy) is 1. The number of aromatic amines is 1. The molecule has 1 aromatic heterocycles. The summed E-state index contributed by atoms with van der Waals surface area (Å²) in [4.78, 5) is 14.6. The zero-order valence-electron chi connectivity index (χ0n) is 15.8. The second-order valence-electron chi connectivity index (χ2n) is 6.40. The fourth-order valence-electron chi connectivity index (χ4n) is 2.74. The first kappa shape index (κ1) is 18.5. The Morgan fingerprint density at radius 3 is 2.56 bits per heavy atom. The number of H-pyrrole nitrogens is 1. The molecule has 2 aromatic carbocycles. The van der Waals surface area contributed by atoms with Gasteiger partial charge in [0.1, 0.15) is 11.4 Å². The molecule has 0 aliphatic heterocycles. The predicted octanol–water partition coefficient (Wildman–Crippen LogP) is 3.34. The van der Waals surface area contributed by atoms with Gasteiger partial charge in [0.05, 0.1) is 12.8 Å². The van der Waals surface area contributed by atoms with E-state index < -0.39 is 0 Å². The van der Waals surface area contributed by atoms with Crippen molar-refractivity contribution in [2.45, 2.75) is 13.0 Å². The van der Waals surface area contributed by atoms with E-state index in [9.17, 15) is 4.79 Å². The van der Waals surface area contributed by atoms with Gasteiger partial charge in [0.2, 0.25) is 0 Å². The topological polar surface area (TPSA) is 70.2 Å². The molecule has 0 spiro atoms. The molecule has 3 aromatic rings. The Kier molecular flexibility index (Phi) is 5.76. The number of amides is 1. The van der Waals surface area contributed by atoms with Gasteiger partial charge in [0.25, 0.3) is 5.91 Å². The molecule has 0 saturated carbocycles. The van der Waals surface area contributed by atoms with Gasteiger partial charge in [-0.05, 0) is 49.4 Å². The van der Waals surface area contributed by atoms with Crippen molar-refractivity contribution in [2.75, 3.05) is 25.6 Å². The highest BCUT2D eigenvalue weighted by molar-refractivity contribution is 5.93. The number of hydrogen-bond donors (Lipinski definition) is 2. The highest BCUT2D eigenvalue weighted by atomic mass is 16.5. The van der Waals surface area contributed by atoms with Crippen LogP contribution in [0.4, 0.5) is 5.69 Å². The third-order valence-electron chi connectivity index (χ3n) is 4.59. The van der Waals surface area contributed by atoms with Gasteiger partial charge >= 0.3 is 0 Å². The highest BCUT2D eigenvalue weighted by Gasteiger charge is 2.14. The molecule has 27 heavy (non-hydrogen) atoms. The van der Waals surface area contributed by atoms with Crippen LogP contribution >= 0.6 is 0 Å². The van der Waals surface area contributed by atoms with Crippen LogP contribution in [-0.4, -0.2) is 42.8 Å². The maximum atomic E-state index is 12.4. The minimum atomic E-state index is -0.171. The van der Waals surface area contributed by atoms with Crippen molar-refractivity contribution in [2.24, 2.45) is 0 Å². The number of para-hydroxylation sites is 1. The first-order chi connectivity index (χ1) is 13.1. The van der Waals surface area contributed by atoms with Crippen molar-refractivity contribution >= 4 is 11.6 Å². The molecule has 0 fully saturated rings. The average molecular weight is 364 g/mol. The fraction of sp³-hybridized carbons (Fsp3) is 0.238. The minimum absolute atomic E-state index is 0.153. The molecular formula is C21H24N4O2. The summed E-state index contributed by atoms with van der Waals surface area (Å²) in [6.45, 7) is 2.60. The van der Waals surface area contributed by atoms with E-state index in [1.165, 1.54) is 0 Å². The summed E-state index contributed by atoms with van der Waals surface area (Å²) in [5.41, 5.74) is 3.19. The number of carbonyl (C=O) groups is 1. The lowest BCUT2D eigenvalue weighted by atomic mass is 10.1. The molecule has 0 radical (unpaired) electrons. The maximum absolute atomic E-state index is 12.4. The van der Waals surface area contributed by atoms with Crippen LogP contribution in [0.5, 0.6) is 5.75 Å². The number of anilines is 1. The highest BCUT2D eigenvalue weighted by Crippen LogP contribution is 2.21.